The zero-order valence-corrected chi connectivity index (χ0v) is 15.8. The van der Waals surface area contributed by atoms with Crippen LogP contribution in [0.25, 0.3) is 5.13 Å². The number of aromatic nitrogens is 3. The van der Waals surface area contributed by atoms with Gasteiger partial charge in [0, 0.05) is 5.38 Å². The Morgan fingerprint density at radius 1 is 1.10 bits per heavy atom. The number of carbonyl (C=O) groups is 1. The van der Waals surface area contributed by atoms with Crippen molar-refractivity contribution in [2.24, 2.45) is 0 Å². The van der Waals surface area contributed by atoms with E-state index in [0.717, 1.165) is 23.5 Å². The van der Waals surface area contributed by atoms with Crippen LogP contribution in [-0.2, 0) is 25.2 Å². The van der Waals surface area contributed by atoms with Crippen LogP contribution in [0, 0.1) is 0 Å². The maximum Gasteiger partial charge on any atom is 0.434 e. The minimum atomic E-state index is -4.94. The third-order valence-electron chi connectivity index (χ3n) is 4.14. The number of hydrogen-bond acceptors (Lipinski definition) is 4. The van der Waals surface area contributed by atoms with E-state index in [4.69, 9.17) is 5.11 Å². The minimum absolute atomic E-state index is 0.149. The van der Waals surface area contributed by atoms with E-state index in [1.807, 2.05) is 0 Å². The molecule has 1 N–H and O–H groups in total. The highest BCUT2D eigenvalue weighted by Gasteiger charge is 2.41. The number of nitrogens with zero attached hydrogens (tertiary/aromatic N) is 3. The van der Waals surface area contributed by atoms with Gasteiger partial charge in [-0.05, 0) is 30.9 Å². The molecule has 0 aliphatic carbocycles. The molecule has 5 nitrogen and oxygen atoms in total. The SMILES string of the molecule is O=C(O)c1cnn(-c2nc(CCCc3cccc(C(F)(F)F)c3)cs2)c1C(F)(F)F. The number of aromatic carboxylic acids is 1. The van der Waals surface area contributed by atoms with Crippen LogP contribution in [0.15, 0.2) is 35.8 Å². The molecular weight excluding hydrogens is 436 g/mol. The summed E-state index contributed by atoms with van der Waals surface area (Å²) in [7, 11) is 0. The third kappa shape index (κ3) is 4.81. The molecular formula is C18H13F6N3O2S. The smallest absolute Gasteiger partial charge is 0.434 e. The maximum atomic E-state index is 13.3. The second kappa shape index (κ2) is 8.09. The molecule has 0 amide bonds. The van der Waals surface area contributed by atoms with Crippen LogP contribution in [-0.4, -0.2) is 25.8 Å². The fourth-order valence-corrected chi connectivity index (χ4v) is 3.63. The Kier molecular flexibility index (Phi) is 5.88. The summed E-state index contributed by atoms with van der Waals surface area (Å²) in [5.74, 6) is -1.76. The molecule has 3 aromatic rings. The quantitative estimate of drug-likeness (QED) is 0.523. The highest BCUT2D eigenvalue weighted by molar-refractivity contribution is 7.12. The van der Waals surface area contributed by atoms with Crippen LogP contribution in [0.4, 0.5) is 26.3 Å². The predicted octanol–water partition coefficient (Wildman–Crippen LogP) is 5.24. The van der Waals surface area contributed by atoms with Crippen LogP contribution in [0.3, 0.4) is 0 Å². The van der Waals surface area contributed by atoms with Gasteiger partial charge in [0.25, 0.3) is 0 Å². The topological polar surface area (TPSA) is 68.0 Å². The number of alkyl halides is 6. The highest BCUT2D eigenvalue weighted by Crippen LogP contribution is 2.34. The summed E-state index contributed by atoms with van der Waals surface area (Å²) < 4.78 is 78.5. The van der Waals surface area contributed by atoms with Crippen LogP contribution in [0.1, 0.15) is 39.3 Å². The van der Waals surface area contributed by atoms with Crippen molar-refractivity contribution in [2.75, 3.05) is 0 Å². The standard InChI is InChI=1S/C18H13F6N3O2S/c19-17(20,21)11-5-1-3-10(7-11)4-2-6-12-9-30-16(26-12)27-14(18(22,23)24)13(8-25-27)15(28)29/h1,3,5,7-9H,2,4,6H2,(H,28,29). The molecule has 30 heavy (non-hydrogen) atoms. The lowest BCUT2D eigenvalue weighted by molar-refractivity contribution is -0.143. The van der Waals surface area contributed by atoms with Crippen LogP contribution >= 0.6 is 11.3 Å². The average Bonchev–Trinajstić information content (AvgIpc) is 3.27. The van der Waals surface area contributed by atoms with Gasteiger partial charge in [-0.1, -0.05) is 18.2 Å². The van der Waals surface area contributed by atoms with Crippen molar-refractivity contribution in [2.45, 2.75) is 31.6 Å². The lowest BCUT2D eigenvalue weighted by Gasteiger charge is -2.09. The molecule has 2 aromatic heterocycles. The lowest BCUT2D eigenvalue weighted by atomic mass is 10.0. The summed E-state index contributed by atoms with van der Waals surface area (Å²) >= 11 is 0.858. The zero-order chi connectivity index (χ0) is 22.1. The normalized spacial score (nSPS) is 12.3. The predicted molar refractivity (Wildman–Crippen MR) is 94.7 cm³/mol. The number of hydrogen-bond donors (Lipinski definition) is 1. The molecule has 0 aliphatic heterocycles. The average molecular weight is 449 g/mol. The van der Waals surface area contributed by atoms with Gasteiger partial charge in [-0.3, -0.25) is 0 Å². The molecule has 0 saturated carbocycles. The van der Waals surface area contributed by atoms with Gasteiger partial charge >= 0.3 is 18.3 Å². The molecule has 0 radical (unpaired) electrons. The molecule has 0 spiro atoms. The Bertz CT molecular complexity index is 1050. The molecule has 0 saturated heterocycles. The van der Waals surface area contributed by atoms with Gasteiger partial charge in [0.15, 0.2) is 5.69 Å². The van der Waals surface area contributed by atoms with E-state index in [1.165, 1.54) is 11.4 Å². The maximum absolute atomic E-state index is 13.3. The summed E-state index contributed by atoms with van der Waals surface area (Å²) in [5.41, 5.74) is -2.24. The fraction of sp³-hybridized carbons (Fsp3) is 0.278. The fourth-order valence-electron chi connectivity index (χ4n) is 2.81. The van der Waals surface area contributed by atoms with E-state index in [2.05, 4.69) is 10.1 Å². The highest BCUT2D eigenvalue weighted by atomic mass is 32.1. The monoisotopic (exact) mass is 449 g/mol. The van der Waals surface area contributed by atoms with E-state index in [0.29, 0.717) is 41.4 Å². The van der Waals surface area contributed by atoms with Gasteiger partial charge in [0.05, 0.1) is 17.5 Å². The van der Waals surface area contributed by atoms with E-state index in [-0.39, 0.29) is 5.13 Å². The van der Waals surface area contributed by atoms with Crippen molar-refractivity contribution in [3.63, 3.8) is 0 Å². The van der Waals surface area contributed by atoms with Crippen molar-refractivity contribution >= 4 is 17.3 Å². The Morgan fingerprint density at radius 3 is 2.47 bits per heavy atom. The van der Waals surface area contributed by atoms with E-state index >= 15 is 0 Å². The number of rotatable bonds is 6. The van der Waals surface area contributed by atoms with E-state index in [1.54, 1.807) is 6.07 Å². The van der Waals surface area contributed by atoms with E-state index < -0.39 is 35.1 Å². The van der Waals surface area contributed by atoms with Crippen molar-refractivity contribution < 1.29 is 36.2 Å². The molecule has 0 atom stereocenters. The van der Waals surface area contributed by atoms with Crippen molar-refractivity contribution in [1.29, 1.82) is 0 Å². The number of thiazole rings is 1. The number of benzene rings is 1. The van der Waals surface area contributed by atoms with Gasteiger partial charge in [-0.15, -0.1) is 11.3 Å². The van der Waals surface area contributed by atoms with Gasteiger partial charge in [0.1, 0.15) is 5.56 Å². The lowest BCUT2D eigenvalue weighted by Crippen LogP contribution is -2.17. The second-order valence-corrected chi connectivity index (χ2v) is 7.13. The summed E-state index contributed by atoms with van der Waals surface area (Å²) in [6.07, 6.45) is -7.69. The Balaban J connectivity index is 1.72. The van der Waals surface area contributed by atoms with Gasteiger partial charge < -0.3 is 5.11 Å². The van der Waals surface area contributed by atoms with Gasteiger partial charge in [-0.2, -0.15) is 31.4 Å². The van der Waals surface area contributed by atoms with E-state index in [9.17, 15) is 31.1 Å². The zero-order valence-electron chi connectivity index (χ0n) is 15.0. The first-order valence-corrected chi connectivity index (χ1v) is 9.34. The number of carboxylic acids is 1. The molecule has 2 heterocycles. The number of halogens is 6. The first-order valence-electron chi connectivity index (χ1n) is 8.46. The third-order valence-corrected chi connectivity index (χ3v) is 5.01. The number of aryl methyl sites for hydroxylation is 2. The molecule has 1 aromatic carbocycles. The second-order valence-electron chi connectivity index (χ2n) is 6.29. The van der Waals surface area contributed by atoms with Crippen molar-refractivity contribution in [3.8, 4) is 5.13 Å². The molecule has 0 unspecified atom stereocenters. The number of carboxylic acid groups (broad SMARTS) is 1. The summed E-state index contributed by atoms with van der Waals surface area (Å²) in [6.45, 7) is 0. The minimum Gasteiger partial charge on any atom is -0.478 e. The molecule has 0 bridgehead atoms. The van der Waals surface area contributed by atoms with Crippen molar-refractivity contribution in [3.05, 3.63) is 63.9 Å². The Labute approximate surface area is 169 Å². The van der Waals surface area contributed by atoms with Crippen LogP contribution in [0.5, 0.6) is 0 Å². The Morgan fingerprint density at radius 2 is 1.83 bits per heavy atom. The summed E-state index contributed by atoms with van der Waals surface area (Å²) in [4.78, 5) is 15.1. The largest absolute Gasteiger partial charge is 0.478 e. The first-order chi connectivity index (χ1) is 14.0. The molecule has 12 heteroatoms. The molecule has 0 fully saturated rings. The summed E-state index contributed by atoms with van der Waals surface area (Å²) in [6, 6.07) is 4.91. The van der Waals surface area contributed by atoms with Crippen LogP contribution < -0.4 is 0 Å². The summed E-state index contributed by atoms with van der Waals surface area (Å²) in [5, 5.41) is 13.8. The molecule has 3 rings (SSSR count). The Hall–Kier alpha value is -2.89. The van der Waals surface area contributed by atoms with Crippen LogP contribution in [0.2, 0.25) is 0 Å². The first kappa shape index (κ1) is 21.8. The molecule has 160 valence electrons. The van der Waals surface area contributed by atoms with Gasteiger partial charge in [-0.25, -0.2) is 14.5 Å². The molecule has 0 aliphatic rings. The van der Waals surface area contributed by atoms with Gasteiger partial charge in [0.2, 0.25) is 5.13 Å². The van der Waals surface area contributed by atoms with Crippen molar-refractivity contribution in [1.82, 2.24) is 14.8 Å².